The van der Waals surface area contributed by atoms with Gasteiger partial charge in [0.1, 0.15) is 19.8 Å². The quantitative estimate of drug-likeness (QED) is 0.0195. The normalized spacial score (nSPS) is 13.0. The smallest absolute Gasteiger partial charge is 0.306 e. The van der Waals surface area contributed by atoms with Crippen LogP contribution in [0.3, 0.4) is 0 Å². The van der Waals surface area contributed by atoms with E-state index in [2.05, 4.69) is 26.0 Å². The van der Waals surface area contributed by atoms with Crippen molar-refractivity contribution in [3.63, 3.8) is 0 Å². The Morgan fingerprint density at radius 1 is 0.326 bits per heavy atom. The predicted octanol–water partition coefficient (Wildman–Crippen LogP) is 26.8. The lowest BCUT2D eigenvalue weighted by molar-refractivity contribution is -0.870. The van der Waals surface area contributed by atoms with Gasteiger partial charge in [0.25, 0.3) is 7.82 Å². The maximum Gasteiger partial charge on any atom is 0.306 e. The summed E-state index contributed by atoms with van der Waals surface area (Å²) in [6.45, 7) is 4.34. The molecule has 0 saturated carbocycles. The fraction of sp³-hybridized carbons (Fsp3) is 0.951. The number of likely N-dealkylation sites (N-methyl/N-ethyl adjacent to an activating group) is 1. The highest BCUT2D eigenvalue weighted by Gasteiger charge is 2.22. The van der Waals surface area contributed by atoms with Gasteiger partial charge in [-0.05, 0) is 38.5 Å². The van der Waals surface area contributed by atoms with Crippen molar-refractivity contribution in [3.05, 3.63) is 12.2 Å². The van der Waals surface area contributed by atoms with Gasteiger partial charge in [0.2, 0.25) is 0 Å². The highest BCUT2D eigenvalue weighted by atomic mass is 31.2. The van der Waals surface area contributed by atoms with E-state index in [1.165, 1.54) is 385 Å². The molecule has 0 radical (unpaired) electrons. The van der Waals surface area contributed by atoms with Crippen LogP contribution in [0.25, 0.3) is 0 Å². The number of phosphoric ester groups is 1. The number of carbonyl (C=O) groups is 2. The molecule has 0 aromatic carbocycles. The van der Waals surface area contributed by atoms with Crippen LogP contribution in [0.4, 0.5) is 0 Å². The van der Waals surface area contributed by atoms with Crippen LogP contribution in [0.15, 0.2) is 12.2 Å². The summed E-state index contributed by atoms with van der Waals surface area (Å²) in [4.78, 5) is 38.2. The lowest BCUT2D eigenvalue weighted by Gasteiger charge is -2.28. The third-order valence-corrected chi connectivity index (χ3v) is 20.2. The maximum absolute atomic E-state index is 12.9. The number of hydrogen-bond acceptors (Lipinski definition) is 8. The molecule has 0 heterocycles. The van der Waals surface area contributed by atoms with Crippen molar-refractivity contribution >= 4 is 19.8 Å². The topological polar surface area (TPSA) is 111 Å². The molecule has 0 aliphatic heterocycles. The van der Waals surface area contributed by atoms with Gasteiger partial charge in [0.15, 0.2) is 6.10 Å². The second kappa shape index (κ2) is 74.0. The van der Waals surface area contributed by atoms with Gasteiger partial charge in [-0.3, -0.25) is 14.2 Å². The summed E-state index contributed by atoms with van der Waals surface area (Å²) < 4.78 is 34.5. The second-order valence-electron chi connectivity index (χ2n) is 29.9. The molecule has 0 aromatic heterocycles. The average Bonchev–Trinajstić information content (AvgIpc) is 2.14. The third-order valence-electron chi connectivity index (χ3n) is 19.3. The van der Waals surface area contributed by atoms with Crippen LogP contribution in [0.2, 0.25) is 0 Å². The molecule has 0 aliphatic carbocycles. The van der Waals surface area contributed by atoms with Crippen LogP contribution in [0.1, 0.15) is 450 Å². The minimum atomic E-state index is -4.64. The monoisotopic (exact) mass is 1320 g/mol. The van der Waals surface area contributed by atoms with Gasteiger partial charge in [-0.25, -0.2) is 0 Å². The van der Waals surface area contributed by atoms with E-state index in [-0.39, 0.29) is 32.0 Å². The van der Waals surface area contributed by atoms with Crippen LogP contribution in [-0.2, 0) is 32.7 Å². The van der Waals surface area contributed by atoms with Gasteiger partial charge >= 0.3 is 11.9 Å². The average molecular weight is 1320 g/mol. The van der Waals surface area contributed by atoms with Gasteiger partial charge in [0.05, 0.1) is 27.7 Å². The van der Waals surface area contributed by atoms with Crippen LogP contribution >= 0.6 is 7.82 Å². The van der Waals surface area contributed by atoms with E-state index < -0.39 is 26.5 Å². The van der Waals surface area contributed by atoms with E-state index >= 15 is 0 Å². The highest BCUT2D eigenvalue weighted by molar-refractivity contribution is 7.45. The lowest BCUT2D eigenvalue weighted by Crippen LogP contribution is -2.37. The number of unbranched alkanes of at least 4 members (excludes halogenated alkanes) is 63. The molecule has 0 saturated heterocycles. The molecule has 2 unspecified atom stereocenters. The first-order valence-corrected chi connectivity index (χ1v) is 42.9. The summed E-state index contributed by atoms with van der Waals surface area (Å²) >= 11 is 0. The molecule has 92 heavy (non-hydrogen) atoms. The fourth-order valence-electron chi connectivity index (χ4n) is 13.0. The van der Waals surface area contributed by atoms with E-state index in [1.807, 2.05) is 21.1 Å². The summed E-state index contributed by atoms with van der Waals surface area (Å²) in [5.41, 5.74) is 0. The summed E-state index contributed by atoms with van der Waals surface area (Å²) in [5, 5.41) is 0. The van der Waals surface area contributed by atoms with E-state index in [0.29, 0.717) is 17.4 Å². The number of carbonyl (C=O) groups excluding carboxylic acids is 2. The number of hydrogen-bond donors (Lipinski definition) is 0. The van der Waals surface area contributed by atoms with E-state index in [4.69, 9.17) is 18.5 Å². The van der Waals surface area contributed by atoms with Crippen LogP contribution < -0.4 is 4.89 Å². The molecule has 0 N–H and O–H groups in total. The first-order valence-electron chi connectivity index (χ1n) is 41.4. The van der Waals surface area contributed by atoms with Gasteiger partial charge < -0.3 is 27.9 Å². The molecule has 0 aromatic rings. The van der Waals surface area contributed by atoms with Gasteiger partial charge in [-0.15, -0.1) is 0 Å². The molecule has 0 amide bonds. The molecule has 0 aliphatic rings. The molecule has 2 atom stereocenters. The summed E-state index contributed by atoms with van der Waals surface area (Å²) in [7, 11) is 1.20. The largest absolute Gasteiger partial charge is 0.756 e. The number of esters is 2. The van der Waals surface area contributed by atoms with Crippen molar-refractivity contribution in [2.24, 2.45) is 0 Å². The molecular formula is C82H162NO8P. The first kappa shape index (κ1) is 90.8. The van der Waals surface area contributed by atoms with Crippen molar-refractivity contribution in [1.29, 1.82) is 0 Å². The highest BCUT2D eigenvalue weighted by Crippen LogP contribution is 2.38. The van der Waals surface area contributed by atoms with Crippen molar-refractivity contribution in [2.75, 3.05) is 47.5 Å². The van der Waals surface area contributed by atoms with Crippen LogP contribution in [-0.4, -0.2) is 70.0 Å². The van der Waals surface area contributed by atoms with E-state index in [0.717, 1.165) is 32.1 Å². The Kier molecular flexibility index (Phi) is 73.0. The van der Waals surface area contributed by atoms with E-state index in [9.17, 15) is 19.0 Å². The van der Waals surface area contributed by atoms with Crippen LogP contribution in [0.5, 0.6) is 0 Å². The van der Waals surface area contributed by atoms with E-state index in [1.54, 1.807) is 0 Å². The van der Waals surface area contributed by atoms with Gasteiger partial charge in [-0.1, -0.05) is 411 Å². The molecule has 0 bridgehead atoms. The zero-order valence-corrected chi connectivity index (χ0v) is 63.7. The Hall–Kier alpha value is -1.25. The summed E-state index contributed by atoms with van der Waals surface area (Å²) in [6, 6.07) is 0. The Morgan fingerprint density at radius 2 is 0.554 bits per heavy atom. The van der Waals surface area contributed by atoms with Crippen LogP contribution in [0, 0.1) is 0 Å². The molecule has 10 heteroatoms. The molecule has 548 valence electrons. The number of phosphoric acid groups is 1. The number of ether oxygens (including phenoxy) is 2. The van der Waals surface area contributed by atoms with Crippen molar-refractivity contribution < 1.29 is 42.1 Å². The molecule has 0 spiro atoms. The van der Waals surface area contributed by atoms with Gasteiger partial charge in [-0.2, -0.15) is 0 Å². The Morgan fingerprint density at radius 3 is 0.804 bits per heavy atom. The molecular weight excluding hydrogens is 1160 g/mol. The predicted molar refractivity (Wildman–Crippen MR) is 398 cm³/mol. The second-order valence-corrected chi connectivity index (χ2v) is 31.3. The number of rotatable bonds is 79. The number of nitrogens with zero attached hydrogens (tertiary/aromatic N) is 1. The van der Waals surface area contributed by atoms with Crippen molar-refractivity contribution in [2.45, 2.75) is 457 Å². The van der Waals surface area contributed by atoms with Gasteiger partial charge in [0, 0.05) is 12.8 Å². The Labute approximate surface area is 575 Å². The minimum Gasteiger partial charge on any atom is -0.756 e. The van der Waals surface area contributed by atoms with Crippen molar-refractivity contribution in [1.82, 2.24) is 0 Å². The number of allylic oxidation sites excluding steroid dienone is 2. The maximum atomic E-state index is 12.9. The Balaban J connectivity index is 3.87. The standard InChI is InChI=1S/C82H162NO8P/c1-6-8-10-12-14-16-18-20-22-24-26-28-30-32-34-36-38-40-41-43-45-47-49-51-53-55-57-59-61-63-65-67-69-71-73-75-82(85)91-80(79-90-92(86,87)89-77-76-83(3,4)5)78-88-81(84)74-72-70-68-66-64-62-60-58-56-54-52-50-48-46-44-42-39-37-35-33-31-29-27-25-23-21-19-17-15-13-11-9-7-2/h24,26,80H,6-23,25,27-79H2,1-5H3/b26-24-. The molecule has 0 fully saturated rings. The zero-order valence-electron chi connectivity index (χ0n) is 62.8. The number of quaternary nitrogens is 1. The van der Waals surface area contributed by atoms with Crippen molar-refractivity contribution in [3.8, 4) is 0 Å². The summed E-state index contributed by atoms with van der Waals surface area (Å²) in [5.74, 6) is -0.802. The zero-order chi connectivity index (χ0) is 66.9. The first-order chi connectivity index (χ1) is 45.0. The SMILES string of the molecule is CCCCCCCCCC/C=C\CCCCCCCCCCCCCCCCCCCCCCCCCC(=O)OC(COC(=O)CCCCCCCCCCCCCCCCCCCCCCCCCCCCCCCCCCC)COP(=O)([O-])OCC[N+](C)(C)C. The fourth-order valence-corrected chi connectivity index (χ4v) is 13.7. The Bertz CT molecular complexity index is 1550. The molecule has 9 nitrogen and oxygen atoms in total. The molecule has 0 rings (SSSR count). The lowest BCUT2D eigenvalue weighted by atomic mass is 10.0. The minimum absolute atomic E-state index is 0.0254. The summed E-state index contributed by atoms with van der Waals surface area (Å²) in [6.07, 6.45) is 93.6. The third kappa shape index (κ3) is 77.8.